The Kier molecular flexibility index (Phi) is 4.35. The zero-order valence-corrected chi connectivity index (χ0v) is 12.3. The Hall–Kier alpha value is -2.80. The van der Waals surface area contributed by atoms with Crippen molar-refractivity contribution in [2.24, 2.45) is 0 Å². The molecule has 0 aliphatic rings. The summed E-state index contributed by atoms with van der Waals surface area (Å²) in [6.07, 6.45) is 3.37. The van der Waals surface area contributed by atoms with Gasteiger partial charge in [-0.1, -0.05) is 29.5 Å². The molecule has 7 heteroatoms. The Bertz CT molecular complexity index is 747. The maximum atomic E-state index is 11.8. The summed E-state index contributed by atoms with van der Waals surface area (Å²) in [4.78, 5) is 15.8. The Labute approximate surface area is 130 Å². The van der Waals surface area contributed by atoms with Gasteiger partial charge in [0.25, 0.3) is 5.91 Å². The molecule has 3 aromatic rings. The van der Waals surface area contributed by atoms with Gasteiger partial charge in [0.05, 0.1) is 0 Å². The van der Waals surface area contributed by atoms with Gasteiger partial charge in [-0.25, -0.2) is 0 Å². The first-order valence-electron chi connectivity index (χ1n) is 6.53. The van der Waals surface area contributed by atoms with Gasteiger partial charge in [-0.15, -0.1) is 10.2 Å². The highest BCUT2D eigenvalue weighted by Gasteiger charge is 2.10. The maximum absolute atomic E-state index is 11.8. The first-order chi connectivity index (χ1) is 10.8. The van der Waals surface area contributed by atoms with Gasteiger partial charge in [-0.3, -0.25) is 15.1 Å². The number of rotatable bonds is 5. The van der Waals surface area contributed by atoms with E-state index in [2.05, 4.69) is 20.5 Å². The summed E-state index contributed by atoms with van der Waals surface area (Å²) in [7, 11) is 0. The third-order valence-corrected chi connectivity index (χ3v) is 3.60. The van der Waals surface area contributed by atoms with Crippen molar-refractivity contribution in [2.45, 2.75) is 0 Å². The van der Waals surface area contributed by atoms with Crippen LogP contribution in [0.5, 0.6) is 5.75 Å². The summed E-state index contributed by atoms with van der Waals surface area (Å²) in [5, 5.41) is 11.8. The fourth-order valence-electron chi connectivity index (χ4n) is 1.71. The van der Waals surface area contributed by atoms with E-state index in [1.807, 2.05) is 30.3 Å². The lowest BCUT2D eigenvalue weighted by Crippen LogP contribution is -2.20. The molecule has 0 aliphatic carbocycles. The molecule has 22 heavy (non-hydrogen) atoms. The third kappa shape index (κ3) is 3.64. The molecule has 0 aliphatic heterocycles. The van der Waals surface area contributed by atoms with Crippen molar-refractivity contribution in [1.29, 1.82) is 0 Å². The van der Waals surface area contributed by atoms with Gasteiger partial charge in [-0.05, 0) is 24.3 Å². The van der Waals surface area contributed by atoms with Gasteiger partial charge in [-0.2, -0.15) is 0 Å². The number of pyridine rings is 1. The fraction of sp³-hybridized carbons (Fsp3) is 0.0667. The molecule has 2 heterocycles. The molecular formula is C15H12N4O2S. The van der Waals surface area contributed by atoms with Crippen LogP contribution < -0.4 is 10.1 Å². The van der Waals surface area contributed by atoms with Crippen LogP contribution in [-0.2, 0) is 4.79 Å². The summed E-state index contributed by atoms with van der Waals surface area (Å²) in [6.45, 7) is -0.0752. The fourth-order valence-corrected chi connectivity index (χ4v) is 2.47. The monoisotopic (exact) mass is 312 g/mol. The van der Waals surface area contributed by atoms with Crippen LogP contribution in [0.25, 0.3) is 10.6 Å². The van der Waals surface area contributed by atoms with E-state index in [-0.39, 0.29) is 12.5 Å². The standard InChI is InChI=1S/C15H12N4O2S/c20-13(10-21-12-4-2-1-3-5-12)17-15-19-18-14(22-15)11-6-8-16-9-7-11/h1-9H,10H2,(H,17,19,20). The highest BCUT2D eigenvalue weighted by Crippen LogP contribution is 2.25. The molecule has 6 nitrogen and oxygen atoms in total. The minimum Gasteiger partial charge on any atom is -0.484 e. The lowest BCUT2D eigenvalue weighted by atomic mass is 10.3. The number of nitrogens with zero attached hydrogens (tertiary/aromatic N) is 3. The molecule has 0 saturated carbocycles. The van der Waals surface area contributed by atoms with Gasteiger partial charge < -0.3 is 4.74 Å². The SMILES string of the molecule is O=C(COc1ccccc1)Nc1nnc(-c2ccncc2)s1. The van der Waals surface area contributed by atoms with Crippen molar-refractivity contribution in [3.63, 3.8) is 0 Å². The van der Waals surface area contributed by atoms with Gasteiger partial charge in [0, 0.05) is 18.0 Å². The maximum Gasteiger partial charge on any atom is 0.264 e. The molecule has 0 atom stereocenters. The lowest BCUT2D eigenvalue weighted by Gasteiger charge is -2.04. The highest BCUT2D eigenvalue weighted by molar-refractivity contribution is 7.18. The van der Waals surface area contributed by atoms with E-state index < -0.39 is 0 Å². The number of aromatic nitrogens is 3. The van der Waals surface area contributed by atoms with Gasteiger partial charge in [0.2, 0.25) is 5.13 Å². The highest BCUT2D eigenvalue weighted by atomic mass is 32.1. The van der Waals surface area contributed by atoms with Crippen LogP contribution in [0.1, 0.15) is 0 Å². The third-order valence-electron chi connectivity index (χ3n) is 2.71. The van der Waals surface area contributed by atoms with E-state index in [4.69, 9.17) is 4.74 Å². The molecule has 110 valence electrons. The van der Waals surface area contributed by atoms with Gasteiger partial charge >= 0.3 is 0 Å². The number of amides is 1. The Morgan fingerprint density at radius 3 is 2.64 bits per heavy atom. The zero-order valence-electron chi connectivity index (χ0n) is 11.5. The average Bonchev–Trinajstić information content (AvgIpc) is 3.03. The van der Waals surface area contributed by atoms with Gasteiger partial charge in [0.15, 0.2) is 6.61 Å². The summed E-state index contributed by atoms with van der Waals surface area (Å²) in [5.41, 5.74) is 0.911. The summed E-state index contributed by atoms with van der Waals surface area (Å²) in [5.74, 6) is 0.369. The first-order valence-corrected chi connectivity index (χ1v) is 7.34. The Morgan fingerprint density at radius 1 is 1.09 bits per heavy atom. The Morgan fingerprint density at radius 2 is 1.86 bits per heavy atom. The number of para-hydroxylation sites is 1. The van der Waals surface area contributed by atoms with Crippen molar-refractivity contribution >= 4 is 22.4 Å². The number of benzene rings is 1. The van der Waals surface area contributed by atoms with E-state index in [1.54, 1.807) is 24.5 Å². The molecule has 0 radical (unpaired) electrons. The molecule has 1 aromatic carbocycles. The quantitative estimate of drug-likeness (QED) is 0.783. The van der Waals surface area contributed by atoms with Gasteiger partial charge in [0.1, 0.15) is 10.8 Å². The van der Waals surface area contributed by atoms with Crippen molar-refractivity contribution in [1.82, 2.24) is 15.2 Å². The Balaban J connectivity index is 1.57. The van der Waals surface area contributed by atoms with Crippen LogP contribution in [0, 0.1) is 0 Å². The lowest BCUT2D eigenvalue weighted by molar-refractivity contribution is -0.118. The van der Waals surface area contributed by atoms with Crippen molar-refractivity contribution in [3.8, 4) is 16.3 Å². The minimum atomic E-state index is -0.277. The van der Waals surface area contributed by atoms with E-state index >= 15 is 0 Å². The van der Waals surface area contributed by atoms with Crippen LogP contribution in [0.15, 0.2) is 54.9 Å². The van der Waals surface area contributed by atoms with Crippen molar-refractivity contribution in [2.75, 3.05) is 11.9 Å². The molecule has 3 rings (SSSR count). The molecule has 2 aromatic heterocycles. The van der Waals surface area contributed by atoms with Crippen LogP contribution in [0.4, 0.5) is 5.13 Å². The number of hydrogen-bond acceptors (Lipinski definition) is 6. The number of hydrogen-bond donors (Lipinski definition) is 1. The largest absolute Gasteiger partial charge is 0.484 e. The molecule has 0 bridgehead atoms. The summed E-state index contributed by atoms with van der Waals surface area (Å²) < 4.78 is 5.37. The molecule has 1 N–H and O–H groups in total. The van der Waals surface area contributed by atoms with Crippen LogP contribution >= 0.6 is 11.3 Å². The average molecular weight is 312 g/mol. The second-order valence-corrected chi connectivity index (χ2v) is 5.28. The predicted octanol–water partition coefficient (Wildman–Crippen LogP) is 2.62. The molecule has 0 saturated heterocycles. The van der Waals surface area contributed by atoms with Crippen LogP contribution in [-0.4, -0.2) is 27.7 Å². The van der Waals surface area contributed by atoms with Crippen molar-refractivity contribution in [3.05, 3.63) is 54.9 Å². The van der Waals surface area contributed by atoms with E-state index in [0.717, 1.165) is 10.6 Å². The smallest absolute Gasteiger partial charge is 0.264 e. The van der Waals surface area contributed by atoms with Crippen LogP contribution in [0.3, 0.4) is 0 Å². The molecule has 0 fully saturated rings. The van der Waals surface area contributed by atoms with E-state index in [0.29, 0.717) is 10.9 Å². The number of nitrogens with one attached hydrogen (secondary N) is 1. The molecule has 0 unspecified atom stereocenters. The predicted molar refractivity (Wildman–Crippen MR) is 83.7 cm³/mol. The first kappa shape index (κ1) is 14.2. The number of anilines is 1. The molecule has 0 spiro atoms. The van der Waals surface area contributed by atoms with Crippen molar-refractivity contribution < 1.29 is 9.53 Å². The topological polar surface area (TPSA) is 77.0 Å². The number of ether oxygens (including phenoxy) is 1. The normalized spacial score (nSPS) is 10.2. The molecular weight excluding hydrogens is 300 g/mol. The van der Waals surface area contributed by atoms with E-state index in [1.165, 1.54) is 11.3 Å². The molecule has 1 amide bonds. The second-order valence-electron chi connectivity index (χ2n) is 4.30. The summed E-state index contributed by atoms with van der Waals surface area (Å²) in [6, 6.07) is 12.8. The van der Waals surface area contributed by atoms with Crippen LogP contribution in [0.2, 0.25) is 0 Å². The number of carbonyl (C=O) groups is 1. The number of carbonyl (C=O) groups excluding carboxylic acids is 1. The second kappa shape index (κ2) is 6.77. The van der Waals surface area contributed by atoms with E-state index in [9.17, 15) is 4.79 Å². The minimum absolute atomic E-state index is 0.0752. The zero-order chi connectivity index (χ0) is 15.2. The summed E-state index contributed by atoms with van der Waals surface area (Å²) >= 11 is 1.30.